The summed E-state index contributed by atoms with van der Waals surface area (Å²) in [7, 11) is 4.03. The van der Waals surface area contributed by atoms with Crippen LogP contribution in [0.5, 0.6) is 0 Å². The Hall–Kier alpha value is -0.860. The molecule has 0 saturated carbocycles. The van der Waals surface area contributed by atoms with Crippen LogP contribution >= 0.6 is 11.6 Å². The Morgan fingerprint density at radius 2 is 2.12 bits per heavy atom. The van der Waals surface area contributed by atoms with Crippen LogP contribution < -0.4 is 0 Å². The van der Waals surface area contributed by atoms with Gasteiger partial charge in [-0.3, -0.25) is 0 Å². The van der Waals surface area contributed by atoms with E-state index in [1.54, 1.807) is 0 Å². The molecule has 1 atom stereocenters. The van der Waals surface area contributed by atoms with Crippen LogP contribution in [-0.2, 0) is 11.3 Å². The molecule has 3 heteroatoms. The molecular formula is C13H18ClNO. The summed E-state index contributed by atoms with van der Waals surface area (Å²) in [5.41, 5.74) is 2.24. The molecule has 1 unspecified atom stereocenters. The second kappa shape index (κ2) is 6.02. The van der Waals surface area contributed by atoms with Gasteiger partial charge < -0.3 is 9.69 Å². The van der Waals surface area contributed by atoms with Gasteiger partial charge in [-0.15, -0.1) is 0 Å². The van der Waals surface area contributed by atoms with Crippen molar-refractivity contribution in [3.05, 3.63) is 34.3 Å². The second-order valence-corrected chi connectivity index (χ2v) is 4.80. The third kappa shape index (κ3) is 3.62. The summed E-state index contributed by atoms with van der Waals surface area (Å²) in [6, 6.07) is 6.06. The van der Waals surface area contributed by atoms with E-state index in [2.05, 4.69) is 11.0 Å². The van der Waals surface area contributed by atoms with Gasteiger partial charge in [0.1, 0.15) is 6.29 Å². The van der Waals surface area contributed by atoms with E-state index in [4.69, 9.17) is 11.6 Å². The highest BCUT2D eigenvalue weighted by Gasteiger charge is 2.08. The van der Waals surface area contributed by atoms with Crippen molar-refractivity contribution in [3.63, 3.8) is 0 Å². The zero-order valence-electron chi connectivity index (χ0n) is 10.0. The van der Waals surface area contributed by atoms with Crippen molar-refractivity contribution in [2.24, 2.45) is 0 Å². The number of halogens is 1. The minimum Gasteiger partial charge on any atom is -0.305 e. The third-order valence-electron chi connectivity index (χ3n) is 2.58. The minimum absolute atomic E-state index is 0.239. The molecule has 0 N–H and O–H groups in total. The van der Waals surface area contributed by atoms with Crippen LogP contribution in [0.15, 0.2) is 18.2 Å². The van der Waals surface area contributed by atoms with Crippen molar-refractivity contribution in [1.82, 2.24) is 4.90 Å². The number of rotatable bonds is 5. The van der Waals surface area contributed by atoms with Gasteiger partial charge >= 0.3 is 0 Å². The van der Waals surface area contributed by atoms with Crippen LogP contribution in [0.3, 0.4) is 0 Å². The molecule has 0 amide bonds. The SMILES string of the molecule is CC(CC=O)c1ccc(CN(C)C)c(Cl)c1. The van der Waals surface area contributed by atoms with Gasteiger partial charge in [0.25, 0.3) is 0 Å². The summed E-state index contributed by atoms with van der Waals surface area (Å²) >= 11 is 6.20. The normalized spacial score (nSPS) is 12.8. The lowest BCUT2D eigenvalue weighted by atomic mass is 9.97. The highest BCUT2D eigenvalue weighted by molar-refractivity contribution is 6.31. The molecule has 0 aromatic heterocycles. The van der Waals surface area contributed by atoms with Crippen molar-refractivity contribution in [1.29, 1.82) is 0 Å². The van der Waals surface area contributed by atoms with Crippen LogP contribution in [0.2, 0.25) is 5.02 Å². The standard InChI is InChI=1S/C13H18ClNO/c1-10(6-7-16)11-4-5-12(9-15(2)3)13(14)8-11/h4-5,7-8,10H,6,9H2,1-3H3. The summed E-state index contributed by atoms with van der Waals surface area (Å²) in [5.74, 6) is 0.239. The Labute approximate surface area is 102 Å². The summed E-state index contributed by atoms with van der Waals surface area (Å²) in [4.78, 5) is 12.5. The number of nitrogens with zero attached hydrogens (tertiary/aromatic N) is 1. The van der Waals surface area contributed by atoms with E-state index in [0.29, 0.717) is 6.42 Å². The smallest absolute Gasteiger partial charge is 0.120 e. The number of benzene rings is 1. The fourth-order valence-electron chi connectivity index (χ4n) is 1.62. The average Bonchev–Trinajstić information content (AvgIpc) is 2.20. The lowest BCUT2D eigenvalue weighted by Gasteiger charge is -2.14. The zero-order chi connectivity index (χ0) is 12.1. The molecule has 2 nitrogen and oxygen atoms in total. The van der Waals surface area contributed by atoms with Gasteiger partial charge in [-0.25, -0.2) is 0 Å². The first-order valence-electron chi connectivity index (χ1n) is 5.41. The maximum absolute atomic E-state index is 10.4. The van der Waals surface area contributed by atoms with E-state index in [9.17, 15) is 4.79 Å². The van der Waals surface area contributed by atoms with Crippen LogP contribution in [0.25, 0.3) is 0 Å². The number of aldehydes is 1. The number of hydrogen-bond donors (Lipinski definition) is 0. The summed E-state index contributed by atoms with van der Waals surface area (Å²) in [5, 5.41) is 0.781. The largest absolute Gasteiger partial charge is 0.305 e. The Balaban J connectivity index is 2.85. The van der Waals surface area contributed by atoms with E-state index >= 15 is 0 Å². The first-order valence-corrected chi connectivity index (χ1v) is 5.79. The van der Waals surface area contributed by atoms with Gasteiger partial charge in [-0.2, -0.15) is 0 Å². The summed E-state index contributed by atoms with van der Waals surface area (Å²) < 4.78 is 0. The van der Waals surface area contributed by atoms with Crippen molar-refractivity contribution in [2.75, 3.05) is 14.1 Å². The number of carbonyl (C=O) groups is 1. The van der Waals surface area contributed by atoms with E-state index in [-0.39, 0.29) is 5.92 Å². The van der Waals surface area contributed by atoms with Crippen LogP contribution in [0, 0.1) is 0 Å². The van der Waals surface area contributed by atoms with E-state index in [1.807, 2.05) is 33.2 Å². The Morgan fingerprint density at radius 1 is 1.44 bits per heavy atom. The molecule has 0 aliphatic carbocycles. The molecule has 0 bridgehead atoms. The highest BCUT2D eigenvalue weighted by Crippen LogP contribution is 2.25. The minimum atomic E-state index is 0.239. The Bertz CT molecular complexity index is 363. The molecular weight excluding hydrogens is 222 g/mol. The Morgan fingerprint density at radius 3 is 2.62 bits per heavy atom. The van der Waals surface area contributed by atoms with Crippen LogP contribution in [0.4, 0.5) is 0 Å². The molecule has 0 saturated heterocycles. The number of carbonyl (C=O) groups excluding carboxylic acids is 1. The molecule has 1 rings (SSSR count). The molecule has 1 aromatic carbocycles. The second-order valence-electron chi connectivity index (χ2n) is 4.39. The van der Waals surface area contributed by atoms with Gasteiger partial charge in [0.15, 0.2) is 0 Å². The molecule has 0 radical (unpaired) electrons. The third-order valence-corrected chi connectivity index (χ3v) is 2.93. The summed E-state index contributed by atoms with van der Waals surface area (Å²) in [6.07, 6.45) is 1.50. The summed E-state index contributed by atoms with van der Waals surface area (Å²) in [6.45, 7) is 2.87. The Kier molecular flexibility index (Phi) is 4.97. The maximum atomic E-state index is 10.4. The van der Waals surface area contributed by atoms with E-state index in [0.717, 1.165) is 29.0 Å². The first kappa shape index (κ1) is 13.2. The molecule has 88 valence electrons. The lowest BCUT2D eigenvalue weighted by molar-refractivity contribution is -0.108. The van der Waals surface area contributed by atoms with Crippen molar-refractivity contribution in [2.45, 2.75) is 25.8 Å². The lowest BCUT2D eigenvalue weighted by Crippen LogP contribution is -2.11. The predicted octanol–water partition coefficient (Wildman–Crippen LogP) is 3.09. The molecule has 0 spiro atoms. The fraction of sp³-hybridized carbons (Fsp3) is 0.462. The van der Waals surface area contributed by atoms with Crippen molar-refractivity contribution < 1.29 is 4.79 Å². The van der Waals surface area contributed by atoms with E-state index in [1.165, 1.54) is 0 Å². The predicted molar refractivity (Wildman–Crippen MR) is 67.9 cm³/mol. The first-order chi connectivity index (χ1) is 7.54. The van der Waals surface area contributed by atoms with Crippen molar-refractivity contribution in [3.8, 4) is 0 Å². The molecule has 0 fully saturated rings. The van der Waals surface area contributed by atoms with E-state index < -0.39 is 0 Å². The number of hydrogen-bond acceptors (Lipinski definition) is 2. The monoisotopic (exact) mass is 239 g/mol. The molecule has 16 heavy (non-hydrogen) atoms. The van der Waals surface area contributed by atoms with Gasteiger partial charge in [-0.05, 0) is 37.2 Å². The zero-order valence-corrected chi connectivity index (χ0v) is 10.8. The fourth-order valence-corrected chi connectivity index (χ4v) is 1.87. The van der Waals surface area contributed by atoms with Gasteiger partial charge in [0.2, 0.25) is 0 Å². The van der Waals surface area contributed by atoms with Crippen LogP contribution in [0.1, 0.15) is 30.4 Å². The average molecular weight is 240 g/mol. The quantitative estimate of drug-likeness (QED) is 0.736. The maximum Gasteiger partial charge on any atom is 0.120 e. The van der Waals surface area contributed by atoms with Gasteiger partial charge in [-0.1, -0.05) is 30.7 Å². The van der Waals surface area contributed by atoms with Gasteiger partial charge in [0, 0.05) is 18.0 Å². The molecule has 0 heterocycles. The van der Waals surface area contributed by atoms with Crippen molar-refractivity contribution >= 4 is 17.9 Å². The highest BCUT2D eigenvalue weighted by atomic mass is 35.5. The topological polar surface area (TPSA) is 20.3 Å². The van der Waals surface area contributed by atoms with Crippen LogP contribution in [-0.4, -0.2) is 25.3 Å². The molecule has 0 aliphatic rings. The molecule has 0 aliphatic heterocycles. The van der Waals surface area contributed by atoms with Gasteiger partial charge in [0.05, 0.1) is 0 Å². The molecule has 1 aromatic rings.